The second-order valence-electron chi connectivity index (χ2n) is 7.55. The minimum Gasteiger partial charge on any atom is -0.373 e. The molecule has 0 atom stereocenters. The lowest BCUT2D eigenvalue weighted by atomic mass is 9.76. The van der Waals surface area contributed by atoms with Crippen LogP contribution in [0, 0.1) is 17.6 Å². The van der Waals surface area contributed by atoms with E-state index in [0.717, 1.165) is 24.8 Å². The Balaban J connectivity index is 1.85. The van der Waals surface area contributed by atoms with Gasteiger partial charge in [-0.3, -0.25) is 0 Å². The van der Waals surface area contributed by atoms with Gasteiger partial charge in [-0.2, -0.15) is 0 Å². The third-order valence-electron chi connectivity index (χ3n) is 5.68. The van der Waals surface area contributed by atoms with Crippen LogP contribution in [0.3, 0.4) is 0 Å². The maximum atomic E-state index is 14.6. The Kier molecular flexibility index (Phi) is 7.16. The van der Waals surface area contributed by atoms with Crippen molar-refractivity contribution in [3.8, 4) is 11.1 Å². The van der Waals surface area contributed by atoms with Crippen LogP contribution in [0.15, 0.2) is 61.7 Å². The highest BCUT2D eigenvalue weighted by Gasteiger charge is 2.24. The molecule has 1 saturated carbocycles. The van der Waals surface area contributed by atoms with Gasteiger partial charge in [-0.05, 0) is 72.8 Å². The van der Waals surface area contributed by atoms with Gasteiger partial charge in [0, 0.05) is 5.56 Å². The molecule has 0 unspecified atom stereocenters. The highest BCUT2D eigenvalue weighted by molar-refractivity contribution is 5.68. The third-order valence-corrected chi connectivity index (χ3v) is 5.68. The standard InChI is InChI=1S/C25H28F2O/c1-3-7-18-10-12-19(13-11-18)21-8-5-6-9-22(21)20-15-24(26)23(25(27)16-20)17-28-14-4-2/h3-6,8-9,15-16,18-19H,1-2,7,10-14,17H2/t18-,19-. The molecule has 0 aliphatic heterocycles. The lowest BCUT2D eigenvalue weighted by molar-refractivity contribution is 0.143. The first-order valence-corrected chi connectivity index (χ1v) is 10.0. The fraction of sp³-hybridized carbons (Fsp3) is 0.360. The molecule has 3 rings (SSSR count). The predicted octanol–water partition coefficient (Wildman–Crippen LogP) is 7.18. The average molecular weight is 382 g/mol. The largest absolute Gasteiger partial charge is 0.373 e. The quantitative estimate of drug-likeness (QED) is 0.347. The lowest BCUT2D eigenvalue weighted by Crippen LogP contribution is -2.13. The van der Waals surface area contributed by atoms with Crippen molar-refractivity contribution in [2.45, 2.75) is 44.6 Å². The SMILES string of the molecule is C=CCOCc1c(F)cc(-c2ccccc2[C@H]2CC[C@H](CC=C)CC2)cc1F. The van der Waals surface area contributed by atoms with E-state index in [9.17, 15) is 8.78 Å². The zero-order chi connectivity index (χ0) is 19.9. The first kappa shape index (κ1) is 20.5. The smallest absolute Gasteiger partial charge is 0.132 e. The normalized spacial score (nSPS) is 19.4. The zero-order valence-electron chi connectivity index (χ0n) is 16.3. The van der Waals surface area contributed by atoms with Gasteiger partial charge in [0.15, 0.2) is 0 Å². The van der Waals surface area contributed by atoms with Crippen LogP contribution in [0.4, 0.5) is 8.78 Å². The molecule has 0 radical (unpaired) electrons. The maximum Gasteiger partial charge on any atom is 0.132 e. The molecule has 0 bridgehead atoms. The van der Waals surface area contributed by atoms with Gasteiger partial charge in [0.2, 0.25) is 0 Å². The molecule has 28 heavy (non-hydrogen) atoms. The molecule has 2 aromatic rings. The van der Waals surface area contributed by atoms with E-state index in [-0.39, 0.29) is 18.8 Å². The van der Waals surface area contributed by atoms with Crippen LogP contribution >= 0.6 is 0 Å². The zero-order valence-corrected chi connectivity index (χ0v) is 16.3. The summed E-state index contributed by atoms with van der Waals surface area (Å²) in [5.74, 6) is 0.0109. The third kappa shape index (κ3) is 4.77. The Morgan fingerprint density at radius 1 is 0.964 bits per heavy atom. The molecule has 148 valence electrons. The number of halogens is 2. The number of rotatable bonds is 8. The van der Waals surface area contributed by atoms with Crippen LogP contribution < -0.4 is 0 Å². The molecule has 0 saturated heterocycles. The van der Waals surface area contributed by atoms with E-state index in [0.29, 0.717) is 17.4 Å². The van der Waals surface area contributed by atoms with E-state index in [1.807, 2.05) is 24.3 Å². The Morgan fingerprint density at radius 2 is 1.64 bits per heavy atom. The van der Waals surface area contributed by atoms with Gasteiger partial charge < -0.3 is 4.74 Å². The lowest BCUT2D eigenvalue weighted by Gasteiger charge is -2.29. The molecule has 0 amide bonds. The van der Waals surface area contributed by atoms with Crippen LogP contribution in [0.2, 0.25) is 0 Å². The number of benzene rings is 2. The van der Waals surface area contributed by atoms with Gasteiger partial charge >= 0.3 is 0 Å². The highest BCUT2D eigenvalue weighted by Crippen LogP contribution is 2.41. The summed E-state index contributed by atoms with van der Waals surface area (Å²) in [6.07, 6.45) is 9.19. The van der Waals surface area contributed by atoms with Crippen molar-refractivity contribution in [1.29, 1.82) is 0 Å². The van der Waals surface area contributed by atoms with E-state index in [1.54, 1.807) is 6.08 Å². The summed E-state index contributed by atoms with van der Waals surface area (Å²) in [6, 6.07) is 10.9. The second kappa shape index (κ2) is 9.79. The summed E-state index contributed by atoms with van der Waals surface area (Å²) in [5.41, 5.74) is 2.67. The van der Waals surface area contributed by atoms with Crippen LogP contribution in [0.25, 0.3) is 11.1 Å². The van der Waals surface area contributed by atoms with Crippen molar-refractivity contribution in [1.82, 2.24) is 0 Å². The van der Waals surface area contributed by atoms with E-state index < -0.39 is 11.6 Å². The number of allylic oxidation sites excluding steroid dienone is 1. The molecule has 0 heterocycles. The molecule has 2 aromatic carbocycles. The molecule has 1 aliphatic rings. The summed E-state index contributed by atoms with van der Waals surface area (Å²) in [4.78, 5) is 0. The van der Waals surface area contributed by atoms with Crippen molar-refractivity contribution < 1.29 is 13.5 Å². The monoisotopic (exact) mass is 382 g/mol. The molecule has 1 fully saturated rings. The minimum atomic E-state index is -0.566. The van der Waals surface area contributed by atoms with E-state index in [4.69, 9.17) is 4.74 Å². The summed E-state index contributed by atoms with van der Waals surface area (Å²) in [7, 11) is 0. The maximum absolute atomic E-state index is 14.6. The molecule has 0 spiro atoms. The second-order valence-corrected chi connectivity index (χ2v) is 7.55. The molecule has 0 aromatic heterocycles. The van der Waals surface area contributed by atoms with Gasteiger partial charge in [-0.25, -0.2) is 8.78 Å². The highest BCUT2D eigenvalue weighted by atomic mass is 19.1. The number of ether oxygens (including phenoxy) is 1. The van der Waals surface area contributed by atoms with Gasteiger partial charge in [-0.1, -0.05) is 36.4 Å². The van der Waals surface area contributed by atoms with Crippen LogP contribution in [-0.4, -0.2) is 6.61 Å². The van der Waals surface area contributed by atoms with Gasteiger partial charge in [0.25, 0.3) is 0 Å². The molecule has 0 N–H and O–H groups in total. The number of hydrogen-bond acceptors (Lipinski definition) is 1. The molecular weight excluding hydrogens is 354 g/mol. The van der Waals surface area contributed by atoms with Gasteiger partial charge in [0.1, 0.15) is 11.6 Å². The average Bonchev–Trinajstić information content (AvgIpc) is 2.71. The van der Waals surface area contributed by atoms with Crippen LogP contribution in [0.1, 0.15) is 49.1 Å². The Morgan fingerprint density at radius 3 is 2.29 bits per heavy atom. The molecule has 1 aliphatic carbocycles. The summed E-state index contributed by atoms with van der Waals surface area (Å²) >= 11 is 0. The van der Waals surface area contributed by atoms with Crippen molar-refractivity contribution in [2.24, 2.45) is 5.92 Å². The first-order chi connectivity index (χ1) is 13.6. The summed E-state index contributed by atoms with van der Waals surface area (Å²) in [6.45, 7) is 7.55. The molecular formula is C25H28F2O. The topological polar surface area (TPSA) is 9.23 Å². The van der Waals surface area contributed by atoms with Gasteiger partial charge in [0.05, 0.1) is 13.2 Å². The van der Waals surface area contributed by atoms with Crippen LogP contribution in [-0.2, 0) is 11.3 Å². The Hall–Kier alpha value is -2.26. The van der Waals surface area contributed by atoms with Crippen molar-refractivity contribution >= 4 is 0 Å². The summed E-state index contributed by atoms with van der Waals surface area (Å²) < 4.78 is 34.4. The van der Waals surface area contributed by atoms with E-state index in [1.165, 1.54) is 30.5 Å². The first-order valence-electron chi connectivity index (χ1n) is 10.0. The molecule has 3 heteroatoms. The molecule has 1 nitrogen and oxygen atoms in total. The summed E-state index contributed by atoms with van der Waals surface area (Å²) in [5, 5.41) is 0. The Bertz CT molecular complexity index is 796. The predicted molar refractivity (Wildman–Crippen MR) is 111 cm³/mol. The fourth-order valence-corrected chi connectivity index (χ4v) is 4.20. The van der Waals surface area contributed by atoms with Crippen molar-refractivity contribution in [2.75, 3.05) is 6.61 Å². The van der Waals surface area contributed by atoms with Crippen LogP contribution in [0.5, 0.6) is 0 Å². The van der Waals surface area contributed by atoms with Crippen molar-refractivity contribution in [3.63, 3.8) is 0 Å². The minimum absolute atomic E-state index is 0.0342. The van der Waals surface area contributed by atoms with Gasteiger partial charge in [-0.15, -0.1) is 13.2 Å². The van der Waals surface area contributed by atoms with E-state index in [2.05, 4.69) is 19.2 Å². The van der Waals surface area contributed by atoms with Crippen molar-refractivity contribution in [3.05, 3.63) is 84.5 Å². The number of hydrogen-bond donors (Lipinski definition) is 0. The fourth-order valence-electron chi connectivity index (χ4n) is 4.20. The van der Waals surface area contributed by atoms with E-state index >= 15 is 0 Å². The Labute approximate surface area is 166 Å².